The molecule has 1 aromatic heterocycles. The molecule has 5 heteroatoms. The molecule has 1 aliphatic rings. The molecule has 0 atom stereocenters. The average molecular weight is 255 g/mol. The highest BCUT2D eigenvalue weighted by Gasteiger charge is 2.18. The van der Waals surface area contributed by atoms with E-state index >= 15 is 0 Å². The number of hydrogen-bond acceptors (Lipinski definition) is 5. The molecule has 0 amide bonds. The third-order valence-corrected chi connectivity index (χ3v) is 4.57. The van der Waals surface area contributed by atoms with Crippen molar-refractivity contribution in [2.75, 3.05) is 18.1 Å². The van der Waals surface area contributed by atoms with Crippen LogP contribution in [0.3, 0.4) is 0 Å². The van der Waals surface area contributed by atoms with Crippen molar-refractivity contribution in [2.45, 2.75) is 30.6 Å². The van der Waals surface area contributed by atoms with Gasteiger partial charge in [0.15, 0.2) is 0 Å². The first-order valence-corrected chi connectivity index (χ1v) is 7.88. The van der Waals surface area contributed by atoms with Crippen LogP contribution in [0.15, 0.2) is 0 Å². The highest BCUT2D eigenvalue weighted by atomic mass is 32.2. The Labute approximate surface area is 105 Å². The monoisotopic (exact) mass is 255 g/mol. The molecule has 2 heterocycles. The van der Waals surface area contributed by atoms with E-state index in [0.717, 1.165) is 28.9 Å². The molecule has 0 fully saturated rings. The van der Waals surface area contributed by atoms with E-state index in [0.29, 0.717) is 0 Å². The van der Waals surface area contributed by atoms with Gasteiger partial charge in [-0.25, -0.2) is 9.97 Å². The first-order chi connectivity index (χ1) is 7.85. The molecule has 0 aromatic carbocycles. The lowest BCUT2D eigenvalue weighted by Crippen LogP contribution is -2.05. The van der Waals surface area contributed by atoms with Crippen LogP contribution in [-0.2, 0) is 17.3 Å². The lowest BCUT2D eigenvalue weighted by atomic mass is 10.2. The summed E-state index contributed by atoms with van der Waals surface area (Å²) in [5.41, 5.74) is 2.54. The van der Waals surface area contributed by atoms with Gasteiger partial charge in [-0.2, -0.15) is 23.5 Å². The largest absolute Gasteiger partial charge is 0.373 e. The van der Waals surface area contributed by atoms with Gasteiger partial charge in [0, 0.05) is 24.1 Å². The number of aromatic nitrogens is 2. The number of hydrogen-bond donors (Lipinski definition) is 1. The summed E-state index contributed by atoms with van der Waals surface area (Å²) in [6.45, 7) is 2.20. The van der Waals surface area contributed by atoms with Gasteiger partial charge in [0.25, 0.3) is 0 Å². The first kappa shape index (κ1) is 12.0. The van der Waals surface area contributed by atoms with Crippen molar-refractivity contribution in [3.05, 3.63) is 17.1 Å². The minimum atomic E-state index is 0.931. The van der Waals surface area contributed by atoms with E-state index in [1.54, 1.807) is 0 Å². The summed E-state index contributed by atoms with van der Waals surface area (Å²) in [5.74, 6) is 6.21. The van der Waals surface area contributed by atoms with Crippen molar-refractivity contribution >= 4 is 29.3 Å². The number of nitrogens with zero attached hydrogens (tertiary/aromatic N) is 2. The van der Waals surface area contributed by atoms with E-state index in [1.807, 2.05) is 30.6 Å². The van der Waals surface area contributed by atoms with E-state index in [9.17, 15) is 0 Å². The molecule has 0 unspecified atom stereocenters. The SMILES string of the molecule is CCCSCc1nc2c(c(NC)n1)CSC2. The Hall–Kier alpha value is -0.420. The number of fused-ring (bicyclic) bond motifs is 1. The van der Waals surface area contributed by atoms with Crippen molar-refractivity contribution in [2.24, 2.45) is 0 Å². The van der Waals surface area contributed by atoms with E-state index in [2.05, 4.69) is 22.2 Å². The molecule has 88 valence electrons. The molecule has 1 N–H and O–H groups in total. The maximum Gasteiger partial charge on any atom is 0.140 e. The fourth-order valence-corrected chi connectivity index (χ4v) is 3.47. The van der Waals surface area contributed by atoms with E-state index < -0.39 is 0 Å². The van der Waals surface area contributed by atoms with Crippen LogP contribution in [0.25, 0.3) is 0 Å². The quantitative estimate of drug-likeness (QED) is 0.819. The summed E-state index contributed by atoms with van der Waals surface area (Å²) in [7, 11) is 1.94. The molecule has 0 radical (unpaired) electrons. The van der Waals surface area contributed by atoms with Crippen LogP contribution in [0, 0.1) is 0 Å². The second kappa shape index (κ2) is 5.77. The number of nitrogens with one attached hydrogen (secondary N) is 1. The zero-order chi connectivity index (χ0) is 11.4. The minimum absolute atomic E-state index is 0.931. The van der Waals surface area contributed by atoms with Gasteiger partial charge in [0.05, 0.1) is 11.4 Å². The number of anilines is 1. The van der Waals surface area contributed by atoms with Crippen LogP contribution in [0.5, 0.6) is 0 Å². The molecule has 3 nitrogen and oxygen atoms in total. The van der Waals surface area contributed by atoms with Crippen LogP contribution >= 0.6 is 23.5 Å². The van der Waals surface area contributed by atoms with Gasteiger partial charge in [-0.05, 0) is 12.2 Å². The fourth-order valence-electron chi connectivity index (χ4n) is 1.68. The number of thioether (sulfide) groups is 2. The molecule has 1 aromatic rings. The second-order valence-corrected chi connectivity index (χ2v) is 5.80. The molecular weight excluding hydrogens is 238 g/mol. The summed E-state index contributed by atoms with van der Waals surface area (Å²) >= 11 is 3.83. The van der Waals surface area contributed by atoms with Crippen molar-refractivity contribution < 1.29 is 0 Å². The minimum Gasteiger partial charge on any atom is -0.373 e. The summed E-state index contributed by atoms with van der Waals surface area (Å²) in [6, 6.07) is 0. The Balaban J connectivity index is 2.14. The first-order valence-electron chi connectivity index (χ1n) is 5.57. The van der Waals surface area contributed by atoms with Gasteiger partial charge in [0.2, 0.25) is 0 Å². The zero-order valence-electron chi connectivity index (χ0n) is 9.75. The predicted octanol–water partition coefficient (Wildman–Crippen LogP) is 2.91. The highest BCUT2D eigenvalue weighted by molar-refractivity contribution is 7.98. The van der Waals surface area contributed by atoms with Crippen molar-refractivity contribution in [1.29, 1.82) is 0 Å². The Morgan fingerprint density at radius 2 is 2.25 bits per heavy atom. The maximum atomic E-state index is 4.64. The van der Waals surface area contributed by atoms with Crippen molar-refractivity contribution in [1.82, 2.24) is 9.97 Å². The Kier molecular flexibility index (Phi) is 4.35. The summed E-state index contributed by atoms with van der Waals surface area (Å²) in [5, 5.41) is 3.18. The summed E-state index contributed by atoms with van der Waals surface area (Å²) in [4.78, 5) is 9.22. The average Bonchev–Trinajstić information content (AvgIpc) is 2.76. The Bertz CT molecular complexity index is 368. The van der Waals surface area contributed by atoms with E-state index in [4.69, 9.17) is 0 Å². The highest BCUT2D eigenvalue weighted by Crippen LogP contribution is 2.32. The standard InChI is InChI=1S/C11H17N3S2/c1-3-4-15-7-10-13-9-6-16-5-8(9)11(12-2)14-10/h3-7H2,1-2H3,(H,12,13,14). The predicted molar refractivity (Wildman–Crippen MR) is 73.0 cm³/mol. The smallest absolute Gasteiger partial charge is 0.140 e. The molecular formula is C11H17N3S2. The fraction of sp³-hybridized carbons (Fsp3) is 0.636. The summed E-state index contributed by atoms with van der Waals surface area (Å²) < 4.78 is 0. The molecule has 0 saturated carbocycles. The summed E-state index contributed by atoms with van der Waals surface area (Å²) in [6.07, 6.45) is 1.21. The molecule has 16 heavy (non-hydrogen) atoms. The third kappa shape index (κ3) is 2.63. The molecule has 1 aliphatic heterocycles. The Morgan fingerprint density at radius 1 is 1.38 bits per heavy atom. The molecule has 0 bridgehead atoms. The normalized spacial score (nSPS) is 13.9. The van der Waals surface area contributed by atoms with Gasteiger partial charge in [-0.3, -0.25) is 0 Å². The topological polar surface area (TPSA) is 37.8 Å². The van der Waals surface area contributed by atoms with Crippen LogP contribution in [0.1, 0.15) is 30.4 Å². The lowest BCUT2D eigenvalue weighted by molar-refractivity contribution is 0.973. The van der Waals surface area contributed by atoms with Crippen LogP contribution < -0.4 is 5.32 Å². The number of rotatable bonds is 5. The lowest BCUT2D eigenvalue weighted by Gasteiger charge is -2.08. The van der Waals surface area contributed by atoms with E-state index in [-0.39, 0.29) is 0 Å². The Morgan fingerprint density at radius 3 is 3.00 bits per heavy atom. The molecule has 0 aliphatic carbocycles. The van der Waals surface area contributed by atoms with Crippen LogP contribution in [-0.4, -0.2) is 22.8 Å². The molecule has 2 rings (SSSR count). The molecule has 0 saturated heterocycles. The second-order valence-electron chi connectivity index (χ2n) is 3.71. The van der Waals surface area contributed by atoms with Gasteiger partial charge in [-0.1, -0.05) is 6.92 Å². The van der Waals surface area contributed by atoms with Crippen molar-refractivity contribution in [3.8, 4) is 0 Å². The van der Waals surface area contributed by atoms with Crippen LogP contribution in [0.2, 0.25) is 0 Å². The van der Waals surface area contributed by atoms with Gasteiger partial charge in [0.1, 0.15) is 11.6 Å². The maximum absolute atomic E-state index is 4.64. The van der Waals surface area contributed by atoms with Gasteiger partial charge >= 0.3 is 0 Å². The third-order valence-electron chi connectivity index (χ3n) is 2.44. The van der Waals surface area contributed by atoms with Gasteiger partial charge < -0.3 is 5.32 Å². The van der Waals surface area contributed by atoms with Crippen molar-refractivity contribution in [3.63, 3.8) is 0 Å². The zero-order valence-corrected chi connectivity index (χ0v) is 11.4. The molecule has 0 spiro atoms. The van der Waals surface area contributed by atoms with E-state index in [1.165, 1.54) is 23.4 Å². The van der Waals surface area contributed by atoms with Crippen LogP contribution in [0.4, 0.5) is 5.82 Å². The van der Waals surface area contributed by atoms with Gasteiger partial charge in [-0.15, -0.1) is 0 Å².